The Kier molecular flexibility index (Phi) is 6.81. The zero-order chi connectivity index (χ0) is 22.4. The molecular formula is C22H18FN3O4S. The largest absolute Gasteiger partial charge is 0.426 e. The van der Waals surface area contributed by atoms with Gasteiger partial charge in [-0.3, -0.25) is 4.79 Å². The van der Waals surface area contributed by atoms with Crippen molar-refractivity contribution in [1.82, 2.24) is 4.31 Å². The molecule has 7 nitrogen and oxygen atoms in total. The lowest BCUT2D eigenvalue weighted by atomic mass is 9.98. The first kappa shape index (κ1) is 22.2. The zero-order valence-electron chi connectivity index (χ0n) is 16.4. The van der Waals surface area contributed by atoms with Crippen molar-refractivity contribution in [3.63, 3.8) is 0 Å². The molecule has 1 aliphatic heterocycles. The molecule has 0 amide bonds. The highest BCUT2D eigenvalue weighted by atomic mass is 32.2. The molecular weight excluding hydrogens is 421 g/mol. The Hall–Kier alpha value is -3.53. The van der Waals surface area contributed by atoms with Gasteiger partial charge < -0.3 is 4.74 Å². The molecule has 0 spiro atoms. The number of nitrogens with zero attached hydrogens (tertiary/aromatic N) is 3. The number of piperidine rings is 1. The van der Waals surface area contributed by atoms with E-state index in [1.165, 1.54) is 22.5 Å². The highest BCUT2D eigenvalue weighted by molar-refractivity contribution is 7.89. The molecule has 9 heteroatoms. The van der Waals surface area contributed by atoms with Crippen LogP contribution in [0.5, 0.6) is 5.75 Å². The van der Waals surface area contributed by atoms with Gasteiger partial charge in [0.2, 0.25) is 10.0 Å². The monoisotopic (exact) mass is 439 g/mol. The Morgan fingerprint density at radius 3 is 2.16 bits per heavy atom. The smallest absolute Gasteiger partial charge is 0.314 e. The predicted octanol–water partition coefficient (Wildman–Crippen LogP) is 3.26. The van der Waals surface area contributed by atoms with Gasteiger partial charge in [-0.15, -0.1) is 0 Å². The Balaban J connectivity index is 1.58. The Bertz CT molecular complexity index is 1150. The molecule has 1 saturated heterocycles. The summed E-state index contributed by atoms with van der Waals surface area (Å²) in [6.45, 7) is 0.322. The fourth-order valence-corrected chi connectivity index (χ4v) is 4.64. The van der Waals surface area contributed by atoms with Crippen LogP contribution in [0.25, 0.3) is 6.08 Å². The van der Waals surface area contributed by atoms with Crippen LogP contribution in [0.4, 0.5) is 4.39 Å². The molecule has 1 fully saturated rings. The topological polar surface area (TPSA) is 111 Å². The third-order valence-corrected chi connectivity index (χ3v) is 6.80. The van der Waals surface area contributed by atoms with E-state index in [2.05, 4.69) is 0 Å². The number of hydrogen-bond acceptors (Lipinski definition) is 6. The molecule has 2 aromatic rings. The molecule has 0 aromatic heterocycles. The molecule has 0 N–H and O–H groups in total. The van der Waals surface area contributed by atoms with Crippen molar-refractivity contribution in [2.75, 3.05) is 13.1 Å². The Morgan fingerprint density at radius 1 is 1.03 bits per heavy atom. The van der Waals surface area contributed by atoms with Crippen LogP contribution in [0, 0.1) is 34.4 Å². The molecule has 0 atom stereocenters. The van der Waals surface area contributed by atoms with Crippen LogP contribution in [0.2, 0.25) is 0 Å². The number of allylic oxidation sites excluding steroid dienone is 1. The van der Waals surface area contributed by atoms with E-state index in [1.54, 1.807) is 36.4 Å². The maximum atomic E-state index is 13.1. The molecule has 158 valence electrons. The van der Waals surface area contributed by atoms with Crippen LogP contribution in [0.1, 0.15) is 18.4 Å². The lowest BCUT2D eigenvalue weighted by Crippen LogP contribution is -2.41. The molecule has 1 aliphatic rings. The average Bonchev–Trinajstić information content (AvgIpc) is 2.79. The number of ether oxygens (including phenoxy) is 1. The summed E-state index contributed by atoms with van der Waals surface area (Å²) in [5.41, 5.74) is 0.587. The summed E-state index contributed by atoms with van der Waals surface area (Å²) in [4.78, 5) is 12.5. The second kappa shape index (κ2) is 9.52. The van der Waals surface area contributed by atoms with E-state index in [-0.39, 0.29) is 23.6 Å². The quantitative estimate of drug-likeness (QED) is 0.402. The van der Waals surface area contributed by atoms with Crippen molar-refractivity contribution in [3.8, 4) is 17.9 Å². The molecule has 3 rings (SSSR count). The predicted molar refractivity (Wildman–Crippen MR) is 109 cm³/mol. The minimum atomic E-state index is -3.74. The summed E-state index contributed by atoms with van der Waals surface area (Å²) >= 11 is 0. The summed E-state index contributed by atoms with van der Waals surface area (Å²) in [5.74, 6) is -1.08. The molecule has 0 radical (unpaired) electrons. The highest BCUT2D eigenvalue weighted by Gasteiger charge is 2.33. The first-order valence-corrected chi connectivity index (χ1v) is 10.9. The van der Waals surface area contributed by atoms with Gasteiger partial charge in [-0.1, -0.05) is 12.1 Å². The van der Waals surface area contributed by atoms with Gasteiger partial charge in [0, 0.05) is 13.1 Å². The number of benzene rings is 2. The normalized spacial score (nSPS) is 14.8. The number of halogens is 1. The number of sulfonamides is 1. The number of carbonyl (C=O) groups is 1. The maximum absolute atomic E-state index is 13.1. The fourth-order valence-electron chi connectivity index (χ4n) is 3.18. The highest BCUT2D eigenvalue weighted by Crippen LogP contribution is 2.26. The molecule has 1 heterocycles. The van der Waals surface area contributed by atoms with Crippen LogP contribution in [0.15, 0.2) is 59.0 Å². The van der Waals surface area contributed by atoms with Crippen molar-refractivity contribution in [2.24, 2.45) is 5.92 Å². The lowest BCUT2D eigenvalue weighted by Gasteiger charge is -2.30. The van der Waals surface area contributed by atoms with Crippen LogP contribution < -0.4 is 4.74 Å². The van der Waals surface area contributed by atoms with Crippen molar-refractivity contribution in [2.45, 2.75) is 17.7 Å². The summed E-state index contributed by atoms with van der Waals surface area (Å²) in [7, 11) is -3.74. The standard InChI is InChI=1S/C22H18FN3O4S/c23-19-3-7-21(8-4-19)31(28,29)26-11-9-18(10-12-26)22(27)30-20-5-1-16(2-6-20)13-17(14-24)15-25/h1-8,13,18H,9-12H2. The van der Waals surface area contributed by atoms with Crippen LogP contribution in [-0.2, 0) is 14.8 Å². The molecule has 0 saturated carbocycles. The molecule has 2 aromatic carbocycles. The number of hydrogen-bond donors (Lipinski definition) is 0. The number of nitriles is 2. The van der Waals surface area contributed by atoms with Gasteiger partial charge in [0.1, 0.15) is 29.3 Å². The van der Waals surface area contributed by atoms with Gasteiger partial charge in [0.15, 0.2) is 0 Å². The van der Waals surface area contributed by atoms with E-state index in [1.807, 2.05) is 0 Å². The molecule has 31 heavy (non-hydrogen) atoms. The third kappa shape index (κ3) is 5.34. The van der Waals surface area contributed by atoms with E-state index in [9.17, 15) is 17.6 Å². The van der Waals surface area contributed by atoms with Crippen LogP contribution in [-0.4, -0.2) is 31.8 Å². The summed E-state index contributed by atoms with van der Waals surface area (Å²) < 4.78 is 45.0. The van der Waals surface area contributed by atoms with Gasteiger partial charge in [-0.25, -0.2) is 12.8 Å². The van der Waals surface area contributed by atoms with Crippen LogP contribution in [0.3, 0.4) is 0 Å². The SMILES string of the molecule is N#CC(C#N)=Cc1ccc(OC(=O)C2CCN(S(=O)(=O)c3ccc(F)cc3)CC2)cc1. The van der Waals surface area contributed by atoms with Gasteiger partial charge in [0.25, 0.3) is 0 Å². The van der Waals surface area contributed by atoms with E-state index >= 15 is 0 Å². The zero-order valence-corrected chi connectivity index (χ0v) is 17.2. The van der Waals surface area contributed by atoms with Gasteiger partial charge in [0.05, 0.1) is 10.8 Å². The Labute approximate surface area is 179 Å². The Morgan fingerprint density at radius 2 is 1.61 bits per heavy atom. The maximum Gasteiger partial charge on any atom is 0.314 e. The van der Waals surface area contributed by atoms with Gasteiger partial charge >= 0.3 is 5.97 Å². The first-order chi connectivity index (χ1) is 14.8. The number of rotatable bonds is 5. The van der Waals surface area contributed by atoms with E-state index in [0.29, 0.717) is 24.2 Å². The molecule has 0 unspecified atom stereocenters. The van der Waals surface area contributed by atoms with Crippen molar-refractivity contribution >= 4 is 22.1 Å². The second-order valence-corrected chi connectivity index (χ2v) is 8.84. The minimum absolute atomic E-state index is 0.0139. The van der Waals surface area contributed by atoms with E-state index in [0.717, 1.165) is 12.1 Å². The van der Waals surface area contributed by atoms with Gasteiger partial charge in [-0.05, 0) is 60.9 Å². The van der Waals surface area contributed by atoms with Gasteiger partial charge in [-0.2, -0.15) is 14.8 Å². The van der Waals surface area contributed by atoms with E-state index < -0.39 is 27.7 Å². The molecule has 0 bridgehead atoms. The lowest BCUT2D eigenvalue weighted by molar-refractivity contribution is -0.140. The van der Waals surface area contributed by atoms with Crippen molar-refractivity contribution < 1.29 is 22.3 Å². The first-order valence-electron chi connectivity index (χ1n) is 9.43. The minimum Gasteiger partial charge on any atom is -0.426 e. The summed E-state index contributed by atoms with van der Waals surface area (Å²) in [6.07, 6.45) is 2.05. The van der Waals surface area contributed by atoms with E-state index in [4.69, 9.17) is 15.3 Å². The van der Waals surface area contributed by atoms with Crippen molar-refractivity contribution in [3.05, 3.63) is 65.5 Å². The summed E-state index contributed by atoms with van der Waals surface area (Å²) in [6, 6.07) is 14.5. The van der Waals surface area contributed by atoms with Crippen molar-refractivity contribution in [1.29, 1.82) is 10.5 Å². The second-order valence-electron chi connectivity index (χ2n) is 6.90. The number of carbonyl (C=O) groups excluding carboxylic acids is 1. The average molecular weight is 439 g/mol. The number of esters is 1. The summed E-state index contributed by atoms with van der Waals surface area (Å²) in [5, 5.41) is 17.6. The van der Waals surface area contributed by atoms with Crippen LogP contribution >= 0.6 is 0 Å². The fraction of sp³-hybridized carbons (Fsp3) is 0.227. The molecule has 0 aliphatic carbocycles. The third-order valence-electron chi connectivity index (χ3n) is 4.89.